The number of aryl methyl sites for hydroxylation is 1. The minimum atomic E-state index is 0.157. The Morgan fingerprint density at radius 3 is 2.53 bits per heavy atom. The molecule has 0 radical (unpaired) electrons. The molecule has 2 aromatic rings. The number of hydrogen-bond acceptors (Lipinski definition) is 5. The predicted molar refractivity (Wildman–Crippen MR) is 121 cm³/mol. The highest BCUT2D eigenvalue weighted by Gasteiger charge is 2.19. The molecule has 162 valence electrons. The highest BCUT2D eigenvalue weighted by Crippen LogP contribution is 2.14. The van der Waals surface area contributed by atoms with Gasteiger partial charge in [0.25, 0.3) is 0 Å². The molecule has 1 aliphatic rings. The summed E-state index contributed by atoms with van der Waals surface area (Å²) in [6.45, 7) is 6.94. The van der Waals surface area contributed by atoms with Gasteiger partial charge in [-0.05, 0) is 56.0 Å². The molecule has 1 saturated heterocycles. The highest BCUT2D eigenvalue weighted by molar-refractivity contribution is 5.76. The van der Waals surface area contributed by atoms with Crippen LogP contribution in [0, 0.1) is 0 Å². The number of unbranched alkanes of at least 4 members (excludes halogenated alkanes) is 1. The SMILES string of the molecule is COc1ccc(CCCCC(=O)NC(C)CN2CCN(c3ccccn3)CC2)cc1. The van der Waals surface area contributed by atoms with Crippen molar-refractivity contribution in [2.24, 2.45) is 0 Å². The number of amides is 1. The van der Waals surface area contributed by atoms with Gasteiger partial charge in [-0.2, -0.15) is 0 Å². The third-order valence-electron chi connectivity index (χ3n) is 5.56. The first-order chi connectivity index (χ1) is 14.6. The quantitative estimate of drug-likeness (QED) is 0.610. The van der Waals surface area contributed by atoms with E-state index in [0.717, 1.165) is 63.6 Å². The molecule has 0 bridgehead atoms. The summed E-state index contributed by atoms with van der Waals surface area (Å²) in [7, 11) is 1.68. The van der Waals surface area contributed by atoms with Crippen LogP contribution in [0.1, 0.15) is 31.7 Å². The lowest BCUT2D eigenvalue weighted by atomic mass is 10.1. The third kappa shape index (κ3) is 7.02. The Hall–Kier alpha value is -2.60. The van der Waals surface area contributed by atoms with Gasteiger partial charge in [0, 0.05) is 51.4 Å². The van der Waals surface area contributed by atoms with Gasteiger partial charge in [0.2, 0.25) is 5.91 Å². The number of pyridine rings is 1. The van der Waals surface area contributed by atoms with Crippen molar-refractivity contribution in [3.8, 4) is 5.75 Å². The van der Waals surface area contributed by atoms with Gasteiger partial charge in [0.1, 0.15) is 11.6 Å². The number of hydrogen-bond donors (Lipinski definition) is 1. The number of methoxy groups -OCH3 is 1. The minimum Gasteiger partial charge on any atom is -0.497 e. The van der Waals surface area contributed by atoms with Crippen molar-refractivity contribution in [3.63, 3.8) is 0 Å². The molecule has 0 aliphatic carbocycles. The Morgan fingerprint density at radius 1 is 1.10 bits per heavy atom. The number of carbonyl (C=O) groups is 1. The summed E-state index contributed by atoms with van der Waals surface area (Å²) in [5.41, 5.74) is 1.29. The molecule has 0 spiro atoms. The first-order valence-electron chi connectivity index (χ1n) is 10.9. The van der Waals surface area contributed by atoms with Crippen LogP contribution in [0.4, 0.5) is 5.82 Å². The van der Waals surface area contributed by atoms with Gasteiger partial charge in [-0.1, -0.05) is 18.2 Å². The van der Waals surface area contributed by atoms with Crippen LogP contribution in [0.3, 0.4) is 0 Å². The van der Waals surface area contributed by atoms with E-state index < -0.39 is 0 Å². The van der Waals surface area contributed by atoms with Crippen LogP contribution in [0.15, 0.2) is 48.7 Å². The maximum absolute atomic E-state index is 12.3. The van der Waals surface area contributed by atoms with E-state index in [1.54, 1.807) is 7.11 Å². The Kier molecular flexibility index (Phi) is 8.51. The van der Waals surface area contributed by atoms with Crippen LogP contribution in [0.2, 0.25) is 0 Å². The monoisotopic (exact) mass is 410 g/mol. The van der Waals surface area contributed by atoms with Crippen LogP contribution in [0.25, 0.3) is 0 Å². The first-order valence-corrected chi connectivity index (χ1v) is 10.9. The highest BCUT2D eigenvalue weighted by atomic mass is 16.5. The zero-order valence-corrected chi connectivity index (χ0v) is 18.2. The molecule has 6 heteroatoms. The lowest BCUT2D eigenvalue weighted by Crippen LogP contribution is -2.51. The number of aromatic nitrogens is 1. The molecule has 2 heterocycles. The first kappa shape index (κ1) is 22.1. The molecular formula is C24H34N4O2. The number of nitrogens with one attached hydrogen (secondary N) is 1. The van der Waals surface area contributed by atoms with E-state index in [9.17, 15) is 4.79 Å². The van der Waals surface area contributed by atoms with Crippen molar-refractivity contribution < 1.29 is 9.53 Å². The van der Waals surface area contributed by atoms with Crippen LogP contribution in [0.5, 0.6) is 5.75 Å². The van der Waals surface area contributed by atoms with Gasteiger partial charge in [0.15, 0.2) is 0 Å². The van der Waals surface area contributed by atoms with Crippen LogP contribution >= 0.6 is 0 Å². The molecule has 1 fully saturated rings. The van der Waals surface area contributed by atoms with E-state index in [1.165, 1.54) is 5.56 Å². The topological polar surface area (TPSA) is 57.7 Å². The Bertz CT molecular complexity index is 759. The molecule has 1 amide bonds. The molecule has 1 N–H and O–H groups in total. The maximum atomic E-state index is 12.3. The fourth-order valence-electron chi connectivity index (χ4n) is 3.89. The molecule has 1 unspecified atom stereocenters. The Balaban J connectivity index is 1.28. The molecule has 6 nitrogen and oxygen atoms in total. The molecular weight excluding hydrogens is 376 g/mol. The fraction of sp³-hybridized carbons (Fsp3) is 0.500. The molecule has 3 rings (SSSR count). The second kappa shape index (κ2) is 11.6. The molecule has 30 heavy (non-hydrogen) atoms. The number of rotatable bonds is 10. The number of nitrogens with zero attached hydrogens (tertiary/aromatic N) is 3. The number of anilines is 1. The minimum absolute atomic E-state index is 0.157. The zero-order chi connectivity index (χ0) is 21.2. The summed E-state index contributed by atoms with van der Waals surface area (Å²) in [5, 5.41) is 3.16. The van der Waals surface area contributed by atoms with E-state index in [2.05, 4.69) is 45.2 Å². The summed E-state index contributed by atoms with van der Waals surface area (Å²) in [4.78, 5) is 21.4. The van der Waals surface area contributed by atoms with Crippen LogP contribution in [-0.2, 0) is 11.2 Å². The van der Waals surface area contributed by atoms with Crippen molar-refractivity contribution in [1.82, 2.24) is 15.2 Å². The van der Waals surface area contributed by atoms with Gasteiger partial charge < -0.3 is 15.0 Å². The number of carbonyl (C=O) groups excluding carboxylic acids is 1. The van der Waals surface area contributed by atoms with Crippen LogP contribution in [-0.4, -0.2) is 61.7 Å². The van der Waals surface area contributed by atoms with E-state index >= 15 is 0 Å². The van der Waals surface area contributed by atoms with E-state index in [4.69, 9.17) is 4.74 Å². The van der Waals surface area contributed by atoms with Gasteiger partial charge in [0.05, 0.1) is 7.11 Å². The summed E-state index contributed by atoms with van der Waals surface area (Å²) in [6, 6.07) is 14.4. The van der Waals surface area contributed by atoms with Gasteiger partial charge in [-0.25, -0.2) is 4.98 Å². The van der Waals surface area contributed by atoms with Crippen molar-refractivity contribution in [2.45, 2.75) is 38.6 Å². The van der Waals surface area contributed by atoms with Gasteiger partial charge >= 0.3 is 0 Å². The normalized spacial score (nSPS) is 15.6. The predicted octanol–water partition coefficient (Wildman–Crippen LogP) is 3.13. The lowest BCUT2D eigenvalue weighted by molar-refractivity contribution is -0.121. The molecule has 1 atom stereocenters. The molecule has 1 aromatic carbocycles. The van der Waals surface area contributed by atoms with Crippen molar-refractivity contribution >= 4 is 11.7 Å². The van der Waals surface area contributed by atoms with Crippen molar-refractivity contribution in [3.05, 3.63) is 54.2 Å². The Labute approximate surface area is 180 Å². The standard InChI is InChI=1S/C24H34N4O2/c1-20(19-27-15-17-28(18-16-27)23-8-5-6-14-25-23)26-24(29)9-4-3-7-21-10-12-22(30-2)13-11-21/h5-6,8,10-14,20H,3-4,7,9,15-19H2,1-2H3,(H,26,29). The second-order valence-corrected chi connectivity index (χ2v) is 8.00. The summed E-state index contributed by atoms with van der Waals surface area (Å²) < 4.78 is 5.18. The lowest BCUT2D eigenvalue weighted by Gasteiger charge is -2.36. The van der Waals surface area contributed by atoms with Crippen molar-refractivity contribution in [1.29, 1.82) is 0 Å². The number of benzene rings is 1. The fourth-order valence-corrected chi connectivity index (χ4v) is 3.89. The van der Waals surface area contributed by atoms with E-state index in [0.29, 0.717) is 6.42 Å². The second-order valence-electron chi connectivity index (χ2n) is 8.00. The smallest absolute Gasteiger partial charge is 0.220 e. The molecule has 1 aliphatic heterocycles. The number of ether oxygens (including phenoxy) is 1. The summed E-state index contributed by atoms with van der Waals surface area (Å²) in [6.07, 6.45) is 5.36. The van der Waals surface area contributed by atoms with Gasteiger partial charge in [-0.3, -0.25) is 9.69 Å². The van der Waals surface area contributed by atoms with Crippen LogP contribution < -0.4 is 15.0 Å². The molecule has 0 saturated carbocycles. The number of piperazine rings is 1. The summed E-state index contributed by atoms with van der Waals surface area (Å²) >= 11 is 0. The molecule has 1 aromatic heterocycles. The van der Waals surface area contributed by atoms with E-state index in [-0.39, 0.29) is 11.9 Å². The zero-order valence-electron chi connectivity index (χ0n) is 18.2. The van der Waals surface area contributed by atoms with E-state index in [1.807, 2.05) is 30.5 Å². The third-order valence-corrected chi connectivity index (χ3v) is 5.56. The van der Waals surface area contributed by atoms with Crippen molar-refractivity contribution in [2.75, 3.05) is 44.7 Å². The average Bonchev–Trinajstić information content (AvgIpc) is 2.78. The largest absolute Gasteiger partial charge is 0.497 e. The Morgan fingerprint density at radius 2 is 1.87 bits per heavy atom. The van der Waals surface area contributed by atoms with Gasteiger partial charge in [-0.15, -0.1) is 0 Å². The average molecular weight is 411 g/mol. The summed E-state index contributed by atoms with van der Waals surface area (Å²) in [5.74, 6) is 2.09. The maximum Gasteiger partial charge on any atom is 0.220 e.